The fourth-order valence-electron chi connectivity index (χ4n) is 2.27. The first-order valence-corrected chi connectivity index (χ1v) is 8.50. The van der Waals surface area contributed by atoms with Crippen LogP contribution in [-0.4, -0.2) is 20.9 Å². The zero-order chi connectivity index (χ0) is 15.9. The molecule has 118 valence electrons. The molecule has 2 heterocycles. The van der Waals surface area contributed by atoms with Gasteiger partial charge in [0.25, 0.3) is 0 Å². The molecule has 0 bridgehead atoms. The van der Waals surface area contributed by atoms with Gasteiger partial charge in [0, 0.05) is 11.8 Å². The summed E-state index contributed by atoms with van der Waals surface area (Å²) in [6, 6.07) is 12.2. The second-order valence-corrected chi connectivity index (χ2v) is 6.03. The van der Waals surface area contributed by atoms with Crippen molar-refractivity contribution in [1.82, 2.24) is 20.3 Å². The molecule has 1 aromatic carbocycles. The Labute approximate surface area is 139 Å². The quantitative estimate of drug-likeness (QED) is 0.726. The number of rotatable bonds is 7. The predicted octanol–water partition coefficient (Wildman–Crippen LogP) is 2.97. The van der Waals surface area contributed by atoms with E-state index in [1.165, 1.54) is 5.56 Å². The van der Waals surface area contributed by atoms with E-state index in [1.807, 2.05) is 41.2 Å². The molecule has 0 unspecified atom stereocenters. The van der Waals surface area contributed by atoms with Gasteiger partial charge in [-0.15, -0.1) is 5.10 Å². The Balaban J connectivity index is 1.41. The fourth-order valence-corrected chi connectivity index (χ4v) is 2.89. The third-order valence-electron chi connectivity index (χ3n) is 3.49. The van der Waals surface area contributed by atoms with E-state index in [0.717, 1.165) is 24.2 Å². The minimum Gasteiger partial charge on any atom is -0.350 e. The topological polar surface area (TPSA) is 59.8 Å². The first-order valence-electron chi connectivity index (χ1n) is 7.56. The summed E-state index contributed by atoms with van der Waals surface area (Å²) in [6.45, 7) is 0.411. The average Bonchev–Trinajstić information content (AvgIpc) is 3.25. The highest BCUT2D eigenvalue weighted by molar-refractivity contribution is 7.08. The van der Waals surface area contributed by atoms with E-state index in [-0.39, 0.29) is 5.91 Å². The predicted molar refractivity (Wildman–Crippen MR) is 90.5 cm³/mol. The minimum atomic E-state index is 0.0472. The SMILES string of the molecule is O=C(CCCc1ccccc1)NCc1cn(-c2ccsc2)nn1. The first-order chi connectivity index (χ1) is 11.3. The molecule has 0 aliphatic heterocycles. The number of carbonyl (C=O) groups is 1. The molecule has 0 saturated heterocycles. The molecule has 0 atom stereocenters. The van der Waals surface area contributed by atoms with Crippen molar-refractivity contribution >= 4 is 17.2 Å². The van der Waals surface area contributed by atoms with Gasteiger partial charge < -0.3 is 5.32 Å². The van der Waals surface area contributed by atoms with Crippen molar-refractivity contribution in [2.45, 2.75) is 25.8 Å². The zero-order valence-corrected chi connectivity index (χ0v) is 13.5. The molecule has 1 amide bonds. The summed E-state index contributed by atoms with van der Waals surface area (Å²) in [5.41, 5.74) is 3.01. The highest BCUT2D eigenvalue weighted by atomic mass is 32.1. The summed E-state index contributed by atoms with van der Waals surface area (Å²) in [5, 5.41) is 15.0. The number of hydrogen-bond acceptors (Lipinski definition) is 4. The lowest BCUT2D eigenvalue weighted by molar-refractivity contribution is -0.121. The fraction of sp³-hybridized carbons (Fsp3) is 0.235. The second kappa shape index (κ2) is 7.69. The Morgan fingerprint density at radius 3 is 2.87 bits per heavy atom. The van der Waals surface area contributed by atoms with Gasteiger partial charge in [0.1, 0.15) is 5.69 Å². The molecule has 0 aliphatic rings. The van der Waals surface area contributed by atoms with Gasteiger partial charge in [-0.3, -0.25) is 4.79 Å². The third kappa shape index (κ3) is 4.50. The van der Waals surface area contributed by atoms with Crippen LogP contribution < -0.4 is 5.32 Å². The smallest absolute Gasteiger partial charge is 0.220 e. The van der Waals surface area contributed by atoms with Crippen LogP contribution in [-0.2, 0) is 17.8 Å². The van der Waals surface area contributed by atoms with Crippen molar-refractivity contribution in [2.24, 2.45) is 0 Å². The Morgan fingerprint density at radius 1 is 1.22 bits per heavy atom. The van der Waals surface area contributed by atoms with Gasteiger partial charge in [-0.1, -0.05) is 35.5 Å². The molecule has 6 heteroatoms. The van der Waals surface area contributed by atoms with Crippen molar-refractivity contribution in [3.8, 4) is 5.69 Å². The number of carbonyl (C=O) groups excluding carboxylic acids is 1. The molecule has 2 aromatic heterocycles. The molecule has 0 saturated carbocycles. The maximum absolute atomic E-state index is 11.9. The second-order valence-electron chi connectivity index (χ2n) is 5.25. The van der Waals surface area contributed by atoms with Gasteiger partial charge in [-0.2, -0.15) is 11.3 Å². The Hall–Kier alpha value is -2.47. The molecular formula is C17H18N4OS. The molecular weight excluding hydrogens is 308 g/mol. The summed E-state index contributed by atoms with van der Waals surface area (Å²) in [7, 11) is 0. The van der Waals surface area contributed by atoms with E-state index in [4.69, 9.17) is 0 Å². The zero-order valence-electron chi connectivity index (χ0n) is 12.7. The van der Waals surface area contributed by atoms with Crippen molar-refractivity contribution < 1.29 is 4.79 Å². The average molecular weight is 326 g/mol. The molecule has 3 aromatic rings. The van der Waals surface area contributed by atoms with E-state index in [1.54, 1.807) is 16.0 Å². The number of amides is 1. The number of nitrogens with one attached hydrogen (secondary N) is 1. The summed E-state index contributed by atoms with van der Waals surface area (Å²) < 4.78 is 1.72. The number of nitrogens with zero attached hydrogens (tertiary/aromatic N) is 3. The van der Waals surface area contributed by atoms with Gasteiger partial charge in [0.05, 0.1) is 18.4 Å². The highest BCUT2D eigenvalue weighted by Crippen LogP contribution is 2.11. The highest BCUT2D eigenvalue weighted by Gasteiger charge is 2.06. The summed E-state index contributed by atoms with van der Waals surface area (Å²) >= 11 is 1.61. The standard InChI is InChI=1S/C17H18N4OS/c22-17(8-4-7-14-5-2-1-3-6-14)18-11-15-12-21(20-19-15)16-9-10-23-13-16/h1-3,5-6,9-10,12-13H,4,7-8,11H2,(H,18,22). The van der Waals surface area contributed by atoms with Crippen LogP contribution in [0.4, 0.5) is 0 Å². The Kier molecular flexibility index (Phi) is 5.16. The lowest BCUT2D eigenvalue weighted by Crippen LogP contribution is -2.22. The summed E-state index contributed by atoms with van der Waals surface area (Å²) in [6.07, 6.45) is 4.12. The van der Waals surface area contributed by atoms with E-state index in [9.17, 15) is 4.79 Å². The van der Waals surface area contributed by atoms with Crippen LogP contribution >= 0.6 is 11.3 Å². The number of aromatic nitrogens is 3. The van der Waals surface area contributed by atoms with Crippen LogP contribution in [0.5, 0.6) is 0 Å². The van der Waals surface area contributed by atoms with Crippen LogP contribution in [0.15, 0.2) is 53.4 Å². The summed E-state index contributed by atoms with van der Waals surface area (Å²) in [4.78, 5) is 11.9. The normalized spacial score (nSPS) is 10.6. The molecule has 0 radical (unpaired) electrons. The van der Waals surface area contributed by atoms with Gasteiger partial charge in [0.15, 0.2) is 0 Å². The van der Waals surface area contributed by atoms with Gasteiger partial charge in [-0.05, 0) is 29.9 Å². The van der Waals surface area contributed by atoms with Crippen molar-refractivity contribution in [3.63, 3.8) is 0 Å². The summed E-state index contributed by atoms with van der Waals surface area (Å²) in [5.74, 6) is 0.0472. The maximum atomic E-state index is 11.9. The lowest BCUT2D eigenvalue weighted by Gasteiger charge is -2.03. The Bertz CT molecular complexity index is 737. The van der Waals surface area contributed by atoms with Crippen molar-refractivity contribution in [2.75, 3.05) is 0 Å². The molecule has 0 aliphatic carbocycles. The van der Waals surface area contributed by atoms with Gasteiger partial charge in [0.2, 0.25) is 5.91 Å². The Morgan fingerprint density at radius 2 is 2.09 bits per heavy atom. The number of benzene rings is 1. The molecule has 0 fully saturated rings. The molecule has 3 rings (SSSR count). The van der Waals surface area contributed by atoms with Crippen LogP contribution in [0.3, 0.4) is 0 Å². The molecule has 23 heavy (non-hydrogen) atoms. The molecule has 1 N–H and O–H groups in total. The van der Waals surface area contributed by atoms with Crippen LogP contribution in [0.25, 0.3) is 5.69 Å². The van der Waals surface area contributed by atoms with Crippen LogP contribution in [0, 0.1) is 0 Å². The van der Waals surface area contributed by atoms with Crippen molar-refractivity contribution in [3.05, 3.63) is 64.6 Å². The van der Waals surface area contributed by atoms with E-state index in [0.29, 0.717) is 13.0 Å². The van der Waals surface area contributed by atoms with E-state index >= 15 is 0 Å². The first kappa shape index (κ1) is 15.4. The minimum absolute atomic E-state index is 0.0472. The van der Waals surface area contributed by atoms with Crippen LogP contribution in [0.2, 0.25) is 0 Å². The third-order valence-corrected chi connectivity index (χ3v) is 4.16. The van der Waals surface area contributed by atoms with E-state index in [2.05, 4.69) is 27.8 Å². The van der Waals surface area contributed by atoms with Gasteiger partial charge in [-0.25, -0.2) is 4.68 Å². The van der Waals surface area contributed by atoms with Crippen LogP contribution in [0.1, 0.15) is 24.1 Å². The lowest BCUT2D eigenvalue weighted by atomic mass is 10.1. The number of thiophene rings is 1. The van der Waals surface area contributed by atoms with Gasteiger partial charge >= 0.3 is 0 Å². The monoisotopic (exact) mass is 326 g/mol. The maximum Gasteiger partial charge on any atom is 0.220 e. The number of aryl methyl sites for hydroxylation is 1. The molecule has 5 nitrogen and oxygen atoms in total. The number of hydrogen-bond donors (Lipinski definition) is 1. The largest absolute Gasteiger partial charge is 0.350 e. The van der Waals surface area contributed by atoms with Crippen molar-refractivity contribution in [1.29, 1.82) is 0 Å². The van der Waals surface area contributed by atoms with E-state index < -0.39 is 0 Å². The molecule has 0 spiro atoms.